The van der Waals surface area contributed by atoms with Crippen molar-refractivity contribution in [2.24, 2.45) is 5.92 Å². The van der Waals surface area contributed by atoms with Gasteiger partial charge in [-0.3, -0.25) is 19.8 Å². The number of nitrogens with zero attached hydrogens (tertiary/aromatic N) is 5. The molecule has 3 aliphatic rings. The van der Waals surface area contributed by atoms with Crippen molar-refractivity contribution in [2.75, 3.05) is 74.1 Å². The predicted molar refractivity (Wildman–Crippen MR) is 223 cm³/mol. The number of aromatic nitrogens is 2. The summed E-state index contributed by atoms with van der Waals surface area (Å²) < 4.78 is 55.6. The lowest BCUT2D eigenvalue weighted by molar-refractivity contribution is -0.384. The number of carbonyl (C=O) groups is 1. The maximum Gasteiger partial charge on any atom is 0.293 e. The summed E-state index contributed by atoms with van der Waals surface area (Å²) >= 11 is 6.10. The number of anilines is 3. The molecule has 0 saturated carbocycles. The average Bonchev–Trinajstić information content (AvgIpc) is 3.86. The molecule has 3 N–H and O–H groups in total. The molecule has 3 aromatic carbocycles. The first kappa shape index (κ1) is 40.3. The van der Waals surface area contributed by atoms with E-state index in [0.29, 0.717) is 81.9 Å². The number of benzene rings is 3. The number of piperazine rings is 1. The number of pyridine rings is 1. The average molecular weight is 847 g/mol. The van der Waals surface area contributed by atoms with Gasteiger partial charge < -0.3 is 29.6 Å². The van der Waals surface area contributed by atoms with Crippen LogP contribution in [-0.2, 0) is 14.8 Å². The lowest BCUT2D eigenvalue weighted by Crippen LogP contribution is -2.50. The Labute approximate surface area is 345 Å². The van der Waals surface area contributed by atoms with Crippen molar-refractivity contribution in [1.82, 2.24) is 19.6 Å². The van der Waals surface area contributed by atoms with Crippen LogP contribution in [0.4, 0.5) is 27.1 Å². The minimum Gasteiger partial charge on any atom is -0.455 e. The van der Waals surface area contributed by atoms with Gasteiger partial charge in [-0.2, -0.15) is 0 Å². The second-order valence-electron chi connectivity index (χ2n) is 15.1. The van der Waals surface area contributed by atoms with Crippen molar-refractivity contribution in [1.29, 1.82) is 0 Å². The number of halogens is 2. The maximum atomic E-state index is 14.7. The summed E-state index contributed by atoms with van der Waals surface area (Å²) in [6.07, 6.45) is 4.40. The van der Waals surface area contributed by atoms with E-state index in [1.54, 1.807) is 24.4 Å². The summed E-state index contributed by atoms with van der Waals surface area (Å²) in [6, 6.07) is 19.5. The molecule has 0 spiro atoms. The number of sulfonamides is 1. The van der Waals surface area contributed by atoms with Crippen molar-refractivity contribution in [2.45, 2.75) is 36.4 Å². The first-order valence-electron chi connectivity index (χ1n) is 19.5. The van der Waals surface area contributed by atoms with Crippen molar-refractivity contribution in [3.05, 3.63) is 106 Å². The molecule has 3 fully saturated rings. The second-order valence-corrected chi connectivity index (χ2v) is 17.2. The van der Waals surface area contributed by atoms with Crippen molar-refractivity contribution < 1.29 is 32.0 Å². The number of alkyl halides is 1. The van der Waals surface area contributed by atoms with Gasteiger partial charge in [-0.05, 0) is 79.4 Å². The Bertz CT molecular complexity index is 2420. The number of nitrogens with one attached hydrogen (secondary N) is 3. The first-order valence-corrected chi connectivity index (χ1v) is 21.4. The van der Waals surface area contributed by atoms with Gasteiger partial charge in [-0.1, -0.05) is 11.6 Å². The van der Waals surface area contributed by atoms with Gasteiger partial charge in [0.2, 0.25) is 0 Å². The van der Waals surface area contributed by atoms with Crippen LogP contribution in [0.3, 0.4) is 0 Å². The summed E-state index contributed by atoms with van der Waals surface area (Å²) in [5.74, 6) is -0.306. The SMILES string of the molecule is O=C(NS(=O)(=O)c1ccc(NCC2CCOCC2)c([N+](=O)[O-])c1)c1ccc(N2CCN(C[C@@H]3CC(F)CN3c3ccc(Cl)cc3)CC2)cc1Oc1cnc2[nH]ccc2c1. The van der Waals surface area contributed by atoms with E-state index in [4.69, 9.17) is 21.1 Å². The molecule has 0 bridgehead atoms. The van der Waals surface area contributed by atoms with Crippen LogP contribution in [0.25, 0.3) is 11.0 Å². The van der Waals surface area contributed by atoms with E-state index >= 15 is 0 Å². The number of nitro benzene ring substituents is 1. The molecule has 5 aromatic rings. The van der Waals surface area contributed by atoms with Crippen molar-refractivity contribution >= 4 is 61.3 Å². The zero-order valence-corrected chi connectivity index (χ0v) is 33.6. The Morgan fingerprint density at radius 1 is 1.02 bits per heavy atom. The van der Waals surface area contributed by atoms with Gasteiger partial charge in [-0.25, -0.2) is 22.5 Å². The topological polar surface area (TPSA) is 175 Å². The quantitative estimate of drug-likeness (QED) is 0.0856. The molecule has 5 heterocycles. The van der Waals surface area contributed by atoms with E-state index in [-0.39, 0.29) is 29.0 Å². The standard InChI is InChI=1S/C41H44ClFN8O7S/c42-29-1-3-31(4-2-29)50-25-30(43)20-33(50)26-48-13-15-49(16-14-48)32-5-7-36(39(21-32)58-34-19-28-9-12-44-40(28)46-24-34)41(52)47-59(55,56)35-6-8-37(38(22-35)51(53)54)45-23-27-10-17-57-18-11-27/h1-9,12,19,21-22,24,27,30,33,45H,10-11,13-18,20,23,25-26H2,(H,44,46)(H,47,52)/t30?,33-/m0/s1. The number of fused-ring (bicyclic) bond motifs is 1. The number of hydrogen-bond acceptors (Lipinski definition) is 12. The molecule has 0 aliphatic carbocycles. The van der Waals surface area contributed by atoms with E-state index in [2.05, 4.69) is 34.7 Å². The van der Waals surface area contributed by atoms with E-state index in [0.717, 1.165) is 35.7 Å². The molecule has 1 unspecified atom stereocenters. The highest BCUT2D eigenvalue weighted by atomic mass is 35.5. The molecule has 1 amide bonds. The third kappa shape index (κ3) is 9.38. The Kier molecular flexibility index (Phi) is 11.9. The highest BCUT2D eigenvalue weighted by molar-refractivity contribution is 7.90. The van der Waals surface area contributed by atoms with Crippen molar-refractivity contribution in [3.8, 4) is 11.5 Å². The predicted octanol–water partition coefficient (Wildman–Crippen LogP) is 6.61. The number of ether oxygens (including phenoxy) is 2. The summed E-state index contributed by atoms with van der Waals surface area (Å²) in [5, 5.41) is 16.5. The number of rotatable bonds is 13. The summed E-state index contributed by atoms with van der Waals surface area (Å²) in [7, 11) is -4.57. The molecule has 0 radical (unpaired) electrons. The lowest BCUT2D eigenvalue weighted by Gasteiger charge is -2.39. The van der Waals surface area contributed by atoms with Gasteiger partial charge in [0.05, 0.1) is 21.6 Å². The minimum absolute atomic E-state index is 0.0145. The molecular weight excluding hydrogens is 803 g/mol. The van der Waals surface area contributed by atoms with E-state index in [1.807, 2.05) is 30.3 Å². The first-order chi connectivity index (χ1) is 28.5. The second kappa shape index (κ2) is 17.4. The van der Waals surface area contributed by atoms with Gasteiger partial charge in [0.1, 0.15) is 29.0 Å². The molecule has 2 atom stereocenters. The molecule has 59 heavy (non-hydrogen) atoms. The Hall–Kier alpha value is -5.49. The molecule has 3 saturated heterocycles. The Balaban J connectivity index is 0.986. The van der Waals surface area contributed by atoms with Gasteiger partial charge in [0.15, 0.2) is 0 Å². The zero-order chi connectivity index (χ0) is 41.1. The number of hydrogen-bond donors (Lipinski definition) is 3. The molecule has 310 valence electrons. The van der Waals surface area contributed by atoms with Crippen LogP contribution in [0.1, 0.15) is 29.6 Å². The summed E-state index contributed by atoms with van der Waals surface area (Å²) in [5.41, 5.74) is 2.02. The lowest BCUT2D eigenvalue weighted by atomic mass is 10.0. The monoisotopic (exact) mass is 846 g/mol. The molecule has 3 aliphatic heterocycles. The largest absolute Gasteiger partial charge is 0.455 e. The molecule has 15 nitrogen and oxygen atoms in total. The third-order valence-electron chi connectivity index (χ3n) is 11.2. The number of nitro groups is 1. The number of amides is 1. The normalized spacial score (nSPS) is 19.2. The Morgan fingerprint density at radius 2 is 1.78 bits per heavy atom. The van der Waals surface area contributed by atoms with Crippen molar-refractivity contribution in [3.63, 3.8) is 0 Å². The smallest absolute Gasteiger partial charge is 0.293 e. The van der Waals surface area contributed by atoms with Gasteiger partial charge in [0, 0.05) is 112 Å². The number of aromatic amines is 1. The molecule has 2 aromatic heterocycles. The van der Waals surface area contributed by atoms with Crippen LogP contribution >= 0.6 is 11.6 Å². The van der Waals surface area contributed by atoms with Gasteiger partial charge in [-0.15, -0.1) is 0 Å². The van der Waals surface area contributed by atoms with E-state index in [1.165, 1.54) is 24.4 Å². The fourth-order valence-electron chi connectivity index (χ4n) is 7.97. The molecular formula is C41H44ClFN8O7S. The van der Waals surface area contributed by atoms with Gasteiger partial charge in [0.25, 0.3) is 21.6 Å². The third-order valence-corrected chi connectivity index (χ3v) is 12.7. The fourth-order valence-corrected chi connectivity index (χ4v) is 9.08. The van der Waals surface area contributed by atoms with Crippen LogP contribution < -0.4 is 24.6 Å². The van der Waals surface area contributed by atoms with Gasteiger partial charge >= 0.3 is 0 Å². The van der Waals surface area contributed by atoms with E-state index in [9.17, 15) is 27.7 Å². The van der Waals surface area contributed by atoms with Crippen LogP contribution in [0.5, 0.6) is 11.5 Å². The van der Waals surface area contributed by atoms with Crippen LogP contribution in [0.2, 0.25) is 5.02 Å². The molecule has 8 rings (SSSR count). The summed E-state index contributed by atoms with van der Waals surface area (Å²) in [6.45, 7) is 5.45. The van der Waals surface area contributed by atoms with Crippen LogP contribution in [-0.4, -0.2) is 105 Å². The summed E-state index contributed by atoms with van der Waals surface area (Å²) in [4.78, 5) is 38.8. The zero-order valence-electron chi connectivity index (χ0n) is 32.1. The maximum absolute atomic E-state index is 14.7. The minimum atomic E-state index is -4.57. The highest BCUT2D eigenvalue weighted by Crippen LogP contribution is 2.34. The van der Waals surface area contributed by atoms with E-state index < -0.39 is 37.6 Å². The Morgan fingerprint density at radius 3 is 2.54 bits per heavy atom. The fraction of sp³-hybridized carbons (Fsp3) is 0.366. The highest BCUT2D eigenvalue weighted by Gasteiger charge is 2.34. The molecule has 18 heteroatoms. The number of H-pyrrole nitrogens is 1. The van der Waals surface area contributed by atoms with Crippen LogP contribution in [0.15, 0.2) is 90.1 Å². The van der Waals surface area contributed by atoms with Crippen LogP contribution in [0, 0.1) is 16.0 Å². The number of carbonyl (C=O) groups excluding carboxylic acids is 1.